The van der Waals surface area contributed by atoms with E-state index in [1.54, 1.807) is 0 Å². The van der Waals surface area contributed by atoms with E-state index in [2.05, 4.69) is 0 Å². The summed E-state index contributed by atoms with van der Waals surface area (Å²) >= 11 is 0. The van der Waals surface area contributed by atoms with Crippen molar-refractivity contribution in [2.45, 2.75) is 0 Å². The second kappa shape index (κ2) is 77.6. The predicted molar refractivity (Wildman–Crippen MR) is 126 cm³/mol. The molecule has 1 radical (unpaired) electrons. The van der Waals surface area contributed by atoms with Crippen molar-refractivity contribution in [1.29, 1.82) is 0 Å². The summed E-state index contributed by atoms with van der Waals surface area (Å²) in [5.74, 6) is -9.40. The third kappa shape index (κ3) is 119. The zero-order valence-electron chi connectivity index (χ0n) is 22.5. The van der Waals surface area contributed by atoms with Crippen molar-refractivity contribution in [3.63, 3.8) is 0 Å². The van der Waals surface area contributed by atoms with Crippen LogP contribution in [0.5, 0.6) is 0 Å². The molecule has 29 nitrogen and oxygen atoms in total. The molecule has 0 unspecified atom stereocenters. The fourth-order valence-electron chi connectivity index (χ4n) is 1.43. The molecule has 0 aliphatic rings. The molecule has 0 aliphatic carbocycles. The van der Waals surface area contributed by atoms with Crippen LogP contribution >= 0.6 is 0 Å². The van der Waals surface area contributed by atoms with Crippen molar-refractivity contribution in [3.8, 4) is 0 Å². The monoisotopic (exact) mass is 857 g/mol. The molecule has 0 rings (SSSR count). The molecule has 36 N–H and O–H groups in total. The van der Waals surface area contributed by atoms with E-state index in [4.69, 9.17) is 0 Å². The van der Waals surface area contributed by atoms with Crippen LogP contribution in [0.1, 0.15) is 0 Å². The second-order valence-corrected chi connectivity index (χ2v) is 4.52. The van der Waals surface area contributed by atoms with Crippen LogP contribution in [0, 0.1) is 39.9 Å². The number of hydrogen-bond acceptors (Lipinski definition) is 20. The van der Waals surface area contributed by atoms with E-state index in [1.807, 2.05) is 0 Å². The number of carbonyl (C=O) groups is 6. The van der Waals surface area contributed by atoms with Gasteiger partial charge in [0.1, 0.15) is 0 Å². The van der Waals surface area contributed by atoms with Gasteiger partial charge in [-0.2, -0.15) is 0 Å². The summed E-state index contributed by atoms with van der Waals surface area (Å²) in [6, 6.07) is 0. The molecule has 0 aromatic carbocycles. The van der Waals surface area contributed by atoms with Crippen LogP contribution in [-0.2, 0) is 45.5 Å². The Balaban J connectivity index is -0.0000000113. The number of carboxylic acids is 6. The van der Waals surface area contributed by atoms with Crippen LogP contribution in [0.25, 0.3) is 0 Å². The number of nitrogens with zero attached hydrogens (tertiary/aromatic N) is 2. The third-order valence-corrected chi connectivity index (χ3v) is 2.12. The van der Waals surface area contributed by atoms with E-state index in [9.17, 15) is 59.4 Å². The SMILES string of the molecule is N.N.N.N.N.N.O.O.O.O.O.O.O.O.O.O=C([O-])CN(CC(=O)[O-])CC(=O)[O-].O=C([O-])CN(CC(=O)[O-])CC(=O)[O-].[Co+3].[Gd+3]. The first kappa shape index (κ1) is 136. The topological polar surface area (TPSA) is 741 Å². The van der Waals surface area contributed by atoms with E-state index in [1.165, 1.54) is 0 Å². The van der Waals surface area contributed by atoms with Crippen LogP contribution in [-0.4, -0.2) is 134 Å². The van der Waals surface area contributed by atoms with Crippen LogP contribution < -0.4 is 67.5 Å². The zero-order valence-corrected chi connectivity index (χ0v) is 25.8. The Bertz CT molecular complexity index is 462. The molecule has 0 bridgehead atoms. The Morgan fingerprint density at radius 2 is 0.395 bits per heavy atom. The van der Waals surface area contributed by atoms with Crippen LogP contribution in [0.2, 0.25) is 0 Å². The summed E-state index contributed by atoms with van der Waals surface area (Å²) in [4.78, 5) is 61.2. The van der Waals surface area contributed by atoms with E-state index < -0.39 is 75.1 Å². The first-order valence-corrected chi connectivity index (χ1v) is 6.47. The van der Waals surface area contributed by atoms with Gasteiger partial charge in [-0.05, 0) is 0 Å². The number of rotatable bonds is 12. The van der Waals surface area contributed by atoms with E-state index in [0.29, 0.717) is 9.80 Å². The Morgan fingerprint density at radius 3 is 0.442 bits per heavy atom. The number of carboxylic acid groups (broad SMARTS) is 6. The Hall–Kier alpha value is -2.03. The van der Waals surface area contributed by atoms with Gasteiger partial charge in [-0.25, -0.2) is 0 Å². The summed E-state index contributed by atoms with van der Waals surface area (Å²) in [6.07, 6.45) is 0. The van der Waals surface area contributed by atoms with Gasteiger partial charge in [0.25, 0.3) is 0 Å². The molecule has 0 aliphatic heterocycles. The normalized spacial score (nSPS) is 6.00. The van der Waals surface area contributed by atoms with Crippen LogP contribution in [0.3, 0.4) is 0 Å². The molecule has 279 valence electrons. The van der Waals surface area contributed by atoms with Crippen LogP contribution in [0.4, 0.5) is 0 Å². The minimum absolute atomic E-state index is 0. The van der Waals surface area contributed by atoms with Gasteiger partial charge in [0, 0.05) is 39.3 Å². The third-order valence-electron chi connectivity index (χ3n) is 2.12. The molecule has 0 fully saturated rings. The second-order valence-electron chi connectivity index (χ2n) is 4.52. The van der Waals surface area contributed by atoms with Gasteiger partial charge in [-0.3, -0.25) is 9.80 Å². The number of carbonyl (C=O) groups excluding carboxylic acids is 6. The quantitative estimate of drug-likeness (QED) is 0.106. The maximum atomic E-state index is 9.99. The summed E-state index contributed by atoms with van der Waals surface area (Å²) in [5.41, 5.74) is 0. The number of aliphatic carboxylic acids is 6. The van der Waals surface area contributed by atoms with E-state index in [0.717, 1.165) is 0 Å². The summed E-state index contributed by atoms with van der Waals surface area (Å²) in [5, 5.41) is 60.0. The maximum absolute atomic E-state index is 9.99. The average Bonchev–Trinajstić information content (AvgIpc) is 2.33. The van der Waals surface area contributed by atoms with Gasteiger partial charge >= 0.3 is 56.7 Å². The fourth-order valence-corrected chi connectivity index (χ4v) is 1.43. The van der Waals surface area contributed by atoms with Crippen molar-refractivity contribution in [1.82, 2.24) is 46.7 Å². The predicted octanol–water partition coefficient (Wildman–Crippen LogP) is -17.4. The minimum atomic E-state index is -1.57. The molecule has 43 heavy (non-hydrogen) atoms. The molecule has 0 heterocycles. The van der Waals surface area contributed by atoms with E-state index in [-0.39, 0.29) is 143 Å². The van der Waals surface area contributed by atoms with Gasteiger partial charge in [-0.15, -0.1) is 0 Å². The van der Waals surface area contributed by atoms with Gasteiger partial charge in [-0.1, -0.05) is 0 Å². The van der Waals surface area contributed by atoms with E-state index >= 15 is 0 Å². The van der Waals surface area contributed by atoms with Crippen molar-refractivity contribution >= 4 is 35.8 Å². The molecule has 0 aromatic rings. The van der Waals surface area contributed by atoms with Gasteiger partial charge < -0.3 is 146 Å². The molecule has 0 saturated carbocycles. The van der Waals surface area contributed by atoms with Crippen molar-refractivity contribution in [3.05, 3.63) is 0 Å². The van der Waals surface area contributed by atoms with Gasteiger partial charge in [0.15, 0.2) is 0 Å². The Morgan fingerprint density at radius 1 is 0.326 bits per heavy atom. The molecule has 0 aromatic heterocycles. The average molecular weight is 857 g/mol. The molecule has 31 heteroatoms. The van der Waals surface area contributed by atoms with Crippen molar-refractivity contribution in [2.24, 2.45) is 0 Å². The summed E-state index contributed by atoms with van der Waals surface area (Å²) in [7, 11) is 0. The summed E-state index contributed by atoms with van der Waals surface area (Å²) in [6.45, 7) is -4.74. The first-order chi connectivity index (χ1) is 11.8. The smallest absolute Gasteiger partial charge is 0.549 e. The Labute approximate surface area is 286 Å². The standard InChI is InChI=1S/2C6H9NO6.Co.Gd.6H3N.9H2O/c2*8-4(9)1-7(2-5(10)11)3-6(12)13;;;;;;;;;;;;;;;;;/h2*1-3H2,(H,8,9)(H,10,11)(H,12,13);;;6*1H3;9*1H2/q;;2*+3;;;;;;;;;;;;;;;/p-6. The van der Waals surface area contributed by atoms with Gasteiger partial charge in [0.2, 0.25) is 0 Å². The maximum Gasteiger partial charge on any atom is 3.00 e. The molecular weight excluding hydrogens is 808 g/mol. The first-order valence-electron chi connectivity index (χ1n) is 6.47. The van der Waals surface area contributed by atoms with Gasteiger partial charge in [0.05, 0.1) is 35.8 Å². The molecule has 0 atom stereocenters. The van der Waals surface area contributed by atoms with Crippen molar-refractivity contribution < 1.29 is 165 Å². The number of hydrogen-bond donors (Lipinski definition) is 6. The van der Waals surface area contributed by atoms with Crippen LogP contribution in [0.15, 0.2) is 0 Å². The largest absolute Gasteiger partial charge is 3.00 e. The molecular formula is C12H48CoGdN8O21. The zero-order chi connectivity index (χ0) is 20.9. The molecule has 0 spiro atoms. The Kier molecular flexibility index (Phi) is 245. The molecule has 0 amide bonds. The van der Waals surface area contributed by atoms with Crippen molar-refractivity contribution in [2.75, 3.05) is 39.3 Å². The fraction of sp³-hybridized carbons (Fsp3) is 0.500. The molecule has 0 saturated heterocycles. The minimum Gasteiger partial charge on any atom is -0.549 e. The summed E-state index contributed by atoms with van der Waals surface area (Å²) < 4.78 is 0.